The Kier molecular flexibility index (Phi) is 3.61. The van der Waals surface area contributed by atoms with Gasteiger partial charge < -0.3 is 10.0 Å². The summed E-state index contributed by atoms with van der Waals surface area (Å²) in [5.74, 6) is -0.411. The maximum absolute atomic E-state index is 11.9. The molecule has 2 rings (SSSR count). The Morgan fingerprint density at radius 1 is 1.35 bits per heavy atom. The normalized spacial score (nSPS) is 15.9. The van der Waals surface area contributed by atoms with Crippen LogP contribution in [0.4, 0.5) is 0 Å². The van der Waals surface area contributed by atoms with Crippen molar-refractivity contribution >= 4 is 29.1 Å². The van der Waals surface area contributed by atoms with E-state index in [4.69, 9.17) is 28.3 Å². The molecule has 5 heteroatoms. The van der Waals surface area contributed by atoms with Crippen LogP contribution in [0.15, 0.2) is 12.1 Å². The fraction of sp³-hybridized carbons (Fsp3) is 0.417. The lowest BCUT2D eigenvalue weighted by molar-refractivity contribution is -0.136. The summed E-state index contributed by atoms with van der Waals surface area (Å²) in [6.45, 7) is 2.66. The second-order valence-corrected chi connectivity index (χ2v) is 5.13. The molecule has 0 spiro atoms. The Hall–Kier alpha value is -0.770. The van der Waals surface area contributed by atoms with Gasteiger partial charge in [-0.15, -0.1) is 0 Å². The Morgan fingerprint density at radius 3 is 2.24 bits per heavy atom. The number of fused-ring (bicyclic) bond motifs is 1. The molecule has 1 aliphatic rings. The van der Waals surface area contributed by atoms with Gasteiger partial charge >= 0.3 is 0 Å². The van der Waals surface area contributed by atoms with Crippen molar-refractivity contribution in [2.24, 2.45) is 5.92 Å². The van der Waals surface area contributed by atoms with Crippen molar-refractivity contribution in [3.8, 4) is 0 Å². The maximum Gasteiger partial charge on any atom is 0.228 e. The molecule has 0 bridgehead atoms. The Balaban J connectivity index is 2.19. The molecule has 0 aromatic heterocycles. The molecule has 1 aromatic rings. The van der Waals surface area contributed by atoms with Gasteiger partial charge in [-0.05, 0) is 23.3 Å². The highest BCUT2D eigenvalue weighted by atomic mass is 35.5. The molecule has 1 atom stereocenters. The van der Waals surface area contributed by atoms with Crippen molar-refractivity contribution < 1.29 is 9.90 Å². The van der Waals surface area contributed by atoms with Gasteiger partial charge in [0.15, 0.2) is 0 Å². The molecule has 1 aliphatic heterocycles. The van der Waals surface area contributed by atoms with Crippen LogP contribution in [0.5, 0.6) is 0 Å². The number of aliphatic hydroxyl groups excluding tert-OH is 1. The topological polar surface area (TPSA) is 40.5 Å². The van der Waals surface area contributed by atoms with E-state index in [1.165, 1.54) is 0 Å². The van der Waals surface area contributed by atoms with E-state index in [0.717, 1.165) is 11.1 Å². The highest BCUT2D eigenvalue weighted by molar-refractivity contribution is 6.42. The quantitative estimate of drug-likeness (QED) is 0.900. The smallest absolute Gasteiger partial charge is 0.228 e. The molecule has 1 aromatic carbocycles. The van der Waals surface area contributed by atoms with Gasteiger partial charge in [0.1, 0.15) is 0 Å². The number of amides is 1. The predicted octanol–water partition coefficient (Wildman–Crippen LogP) is 2.46. The number of nitrogens with zero attached hydrogens (tertiary/aromatic N) is 1. The van der Waals surface area contributed by atoms with E-state index in [-0.39, 0.29) is 18.4 Å². The summed E-state index contributed by atoms with van der Waals surface area (Å²) >= 11 is 11.9. The average Bonchev–Trinajstić information content (AvgIpc) is 2.70. The molecular weight excluding hydrogens is 261 g/mol. The number of halogens is 2. The van der Waals surface area contributed by atoms with Gasteiger partial charge in [0.05, 0.1) is 22.6 Å². The van der Waals surface area contributed by atoms with E-state index in [9.17, 15) is 4.79 Å². The molecule has 1 heterocycles. The lowest BCUT2D eigenvalue weighted by Crippen LogP contribution is -2.32. The minimum atomic E-state index is -0.366. The van der Waals surface area contributed by atoms with Crippen molar-refractivity contribution in [1.29, 1.82) is 0 Å². The summed E-state index contributed by atoms with van der Waals surface area (Å²) in [4.78, 5) is 13.6. The molecule has 1 N–H and O–H groups in total. The van der Waals surface area contributed by atoms with Crippen LogP contribution in [0, 0.1) is 5.92 Å². The van der Waals surface area contributed by atoms with Crippen molar-refractivity contribution in [2.45, 2.75) is 20.0 Å². The summed E-state index contributed by atoms with van der Waals surface area (Å²) in [6.07, 6.45) is 0. The molecule has 3 nitrogen and oxygen atoms in total. The van der Waals surface area contributed by atoms with Crippen LogP contribution >= 0.6 is 23.2 Å². The zero-order valence-electron chi connectivity index (χ0n) is 9.41. The first-order chi connectivity index (χ1) is 8.02. The fourth-order valence-corrected chi connectivity index (χ4v) is 2.31. The number of hydrogen-bond acceptors (Lipinski definition) is 2. The van der Waals surface area contributed by atoms with Gasteiger partial charge in [0.25, 0.3) is 0 Å². The minimum absolute atomic E-state index is 0.0454. The highest BCUT2D eigenvalue weighted by Gasteiger charge is 2.27. The Morgan fingerprint density at radius 2 is 1.82 bits per heavy atom. The van der Waals surface area contributed by atoms with Crippen LogP contribution in [-0.4, -0.2) is 22.5 Å². The van der Waals surface area contributed by atoms with Gasteiger partial charge in [-0.2, -0.15) is 0 Å². The first-order valence-electron chi connectivity index (χ1n) is 5.39. The number of carbonyl (C=O) groups excluding carboxylic acids is 1. The van der Waals surface area contributed by atoms with Crippen molar-refractivity contribution in [1.82, 2.24) is 4.90 Å². The summed E-state index contributed by atoms with van der Waals surface area (Å²) < 4.78 is 0. The lowest BCUT2D eigenvalue weighted by atomic mass is 10.1. The SMILES string of the molecule is CC(CO)C(=O)N1Cc2cc(Cl)c(Cl)cc2C1. The summed E-state index contributed by atoms with van der Waals surface area (Å²) in [7, 11) is 0. The summed E-state index contributed by atoms with van der Waals surface area (Å²) in [5.41, 5.74) is 2.05. The van der Waals surface area contributed by atoms with E-state index in [1.807, 2.05) is 0 Å². The van der Waals surface area contributed by atoms with E-state index >= 15 is 0 Å². The van der Waals surface area contributed by atoms with E-state index in [2.05, 4.69) is 0 Å². The second-order valence-electron chi connectivity index (χ2n) is 4.31. The molecule has 17 heavy (non-hydrogen) atoms. The van der Waals surface area contributed by atoms with Gasteiger partial charge in [0, 0.05) is 13.1 Å². The third-order valence-corrected chi connectivity index (χ3v) is 3.69. The molecule has 92 valence electrons. The van der Waals surface area contributed by atoms with Crippen LogP contribution in [0.3, 0.4) is 0 Å². The third-order valence-electron chi connectivity index (χ3n) is 2.97. The van der Waals surface area contributed by atoms with Crippen LogP contribution in [0.25, 0.3) is 0 Å². The third kappa shape index (κ3) is 2.41. The molecule has 1 unspecified atom stereocenters. The van der Waals surface area contributed by atoms with Crippen molar-refractivity contribution in [3.05, 3.63) is 33.3 Å². The number of benzene rings is 1. The van der Waals surface area contributed by atoms with Crippen LogP contribution < -0.4 is 0 Å². The summed E-state index contributed by atoms with van der Waals surface area (Å²) in [5, 5.41) is 10.00. The number of rotatable bonds is 2. The fourth-order valence-electron chi connectivity index (χ4n) is 1.94. The van der Waals surface area contributed by atoms with Gasteiger partial charge in [-0.3, -0.25) is 4.79 Å². The standard InChI is InChI=1S/C12H13Cl2NO2/c1-7(6-16)12(17)15-4-8-2-10(13)11(14)3-9(8)5-15/h2-3,7,16H,4-6H2,1H3. The van der Waals surface area contributed by atoms with Crippen LogP contribution in [0.1, 0.15) is 18.1 Å². The first-order valence-corrected chi connectivity index (χ1v) is 6.15. The van der Waals surface area contributed by atoms with Gasteiger partial charge in [-0.1, -0.05) is 30.1 Å². The zero-order chi connectivity index (χ0) is 12.6. The number of hydrogen-bond donors (Lipinski definition) is 1. The van der Waals surface area contributed by atoms with Gasteiger partial charge in [-0.25, -0.2) is 0 Å². The highest BCUT2D eigenvalue weighted by Crippen LogP contribution is 2.31. The van der Waals surface area contributed by atoms with Gasteiger partial charge in [0.2, 0.25) is 5.91 Å². The Labute approximate surface area is 110 Å². The van der Waals surface area contributed by atoms with Crippen LogP contribution in [0.2, 0.25) is 10.0 Å². The maximum atomic E-state index is 11.9. The van der Waals surface area contributed by atoms with E-state index in [1.54, 1.807) is 24.0 Å². The van der Waals surface area contributed by atoms with E-state index in [0.29, 0.717) is 23.1 Å². The first kappa shape index (κ1) is 12.7. The molecule has 0 fully saturated rings. The average molecular weight is 274 g/mol. The monoisotopic (exact) mass is 273 g/mol. The zero-order valence-corrected chi connectivity index (χ0v) is 10.9. The van der Waals surface area contributed by atoms with E-state index < -0.39 is 0 Å². The molecule has 0 radical (unpaired) electrons. The van der Waals surface area contributed by atoms with Crippen LogP contribution in [-0.2, 0) is 17.9 Å². The molecule has 0 saturated heterocycles. The largest absolute Gasteiger partial charge is 0.396 e. The molecule has 0 saturated carbocycles. The van der Waals surface area contributed by atoms with Crippen molar-refractivity contribution in [2.75, 3.05) is 6.61 Å². The number of aliphatic hydroxyl groups is 1. The van der Waals surface area contributed by atoms with Crippen molar-refractivity contribution in [3.63, 3.8) is 0 Å². The number of carbonyl (C=O) groups is 1. The predicted molar refractivity (Wildman–Crippen MR) is 67.0 cm³/mol. The lowest BCUT2D eigenvalue weighted by Gasteiger charge is -2.18. The molecule has 1 amide bonds. The second kappa shape index (κ2) is 4.84. The molecular formula is C12H13Cl2NO2. The molecule has 0 aliphatic carbocycles. The Bertz CT molecular complexity index is 431. The minimum Gasteiger partial charge on any atom is -0.396 e. The summed E-state index contributed by atoms with van der Waals surface area (Å²) in [6, 6.07) is 3.60.